The van der Waals surface area contributed by atoms with E-state index in [0.717, 1.165) is 16.2 Å². The molecule has 0 fully saturated rings. The lowest BCUT2D eigenvalue weighted by atomic mass is 9.78. The average molecular weight is 301 g/mol. The summed E-state index contributed by atoms with van der Waals surface area (Å²) in [7, 11) is 0. The second-order valence-electron chi connectivity index (χ2n) is 6.07. The van der Waals surface area contributed by atoms with Gasteiger partial charge < -0.3 is 5.73 Å². The molecule has 0 saturated heterocycles. The summed E-state index contributed by atoms with van der Waals surface area (Å²) < 4.78 is 0. The van der Waals surface area contributed by atoms with Gasteiger partial charge in [-0.15, -0.1) is 11.8 Å². The second-order valence-corrected chi connectivity index (χ2v) is 7.12. The van der Waals surface area contributed by atoms with Crippen molar-refractivity contribution >= 4 is 17.5 Å². The summed E-state index contributed by atoms with van der Waals surface area (Å²) in [6.45, 7) is 8.17. The van der Waals surface area contributed by atoms with Crippen molar-refractivity contribution in [3.63, 3.8) is 0 Å². The predicted molar refractivity (Wildman–Crippen MR) is 90.4 cm³/mol. The first-order valence-electron chi connectivity index (χ1n) is 7.21. The van der Waals surface area contributed by atoms with Crippen molar-refractivity contribution in [2.45, 2.75) is 39.0 Å². The Balaban J connectivity index is 2.04. The molecule has 2 N–H and O–H groups in total. The van der Waals surface area contributed by atoms with E-state index in [0.29, 0.717) is 12.2 Å². The van der Waals surface area contributed by atoms with E-state index in [9.17, 15) is 4.79 Å². The van der Waals surface area contributed by atoms with Crippen LogP contribution in [-0.2, 0) is 4.79 Å². The minimum absolute atomic E-state index is 0.258. The number of hydrogen-bond donors (Lipinski definition) is 1. The molecule has 0 saturated carbocycles. The maximum Gasteiger partial charge on any atom is 0.153 e. The maximum absolute atomic E-state index is 12.6. The molecule has 1 atom stereocenters. The largest absolute Gasteiger partial charge is 0.399 e. The zero-order valence-corrected chi connectivity index (χ0v) is 14.0. The molecular weight excluding hydrogens is 278 g/mol. The molecule has 0 aliphatic heterocycles. The molecule has 112 valence electrons. The van der Waals surface area contributed by atoms with E-state index < -0.39 is 5.41 Å². The van der Waals surface area contributed by atoms with E-state index in [4.69, 9.17) is 5.73 Å². The molecule has 1 unspecified atom stereocenters. The van der Waals surface area contributed by atoms with Gasteiger partial charge in [0.05, 0.1) is 5.75 Å². The molecule has 2 rings (SSSR count). The van der Waals surface area contributed by atoms with Crippen molar-refractivity contribution in [2.75, 3.05) is 5.75 Å². The molecule has 1 aromatic carbocycles. The van der Waals surface area contributed by atoms with Crippen LogP contribution in [0.3, 0.4) is 0 Å². The Morgan fingerprint density at radius 3 is 2.62 bits per heavy atom. The molecule has 3 heteroatoms. The van der Waals surface area contributed by atoms with Gasteiger partial charge in [-0.05, 0) is 62.9 Å². The number of Topliss-reactive ketones (excluding diaryl/α,β-unsaturated/α-hetero) is 1. The van der Waals surface area contributed by atoms with Gasteiger partial charge in [0, 0.05) is 16.0 Å². The highest BCUT2D eigenvalue weighted by atomic mass is 32.2. The molecule has 0 heterocycles. The summed E-state index contributed by atoms with van der Waals surface area (Å²) in [5.74, 6) is 0.755. The maximum atomic E-state index is 12.6. The van der Waals surface area contributed by atoms with Crippen molar-refractivity contribution in [1.29, 1.82) is 0 Å². The molecule has 0 aromatic heterocycles. The highest BCUT2D eigenvalue weighted by Gasteiger charge is 2.31. The molecule has 1 aliphatic rings. The van der Waals surface area contributed by atoms with Gasteiger partial charge in [-0.3, -0.25) is 4.79 Å². The number of carbonyl (C=O) groups excluding carboxylic acids is 1. The van der Waals surface area contributed by atoms with Gasteiger partial charge in [-0.1, -0.05) is 18.2 Å². The van der Waals surface area contributed by atoms with E-state index in [2.05, 4.69) is 32.0 Å². The fraction of sp³-hybridized carbons (Fsp3) is 0.389. The summed E-state index contributed by atoms with van der Waals surface area (Å²) in [6, 6.07) is 6.34. The van der Waals surface area contributed by atoms with E-state index in [1.165, 1.54) is 11.1 Å². The van der Waals surface area contributed by atoms with E-state index in [1.807, 2.05) is 26.0 Å². The van der Waals surface area contributed by atoms with E-state index >= 15 is 0 Å². The third-order valence-electron chi connectivity index (χ3n) is 4.22. The van der Waals surface area contributed by atoms with Crippen LogP contribution in [0.5, 0.6) is 0 Å². The summed E-state index contributed by atoms with van der Waals surface area (Å²) in [4.78, 5) is 13.7. The Morgan fingerprint density at radius 1 is 1.29 bits per heavy atom. The molecular formula is C18H23NOS. The smallest absolute Gasteiger partial charge is 0.153 e. The van der Waals surface area contributed by atoms with Crippen LogP contribution in [-0.4, -0.2) is 11.5 Å². The molecule has 2 nitrogen and oxygen atoms in total. The normalized spacial score (nSPS) is 21.7. The third-order valence-corrected chi connectivity index (χ3v) is 5.22. The van der Waals surface area contributed by atoms with Crippen LogP contribution in [0.15, 0.2) is 46.5 Å². The number of nitrogens with two attached hydrogens (primary N) is 1. The number of thioether (sulfide) groups is 1. The molecule has 0 spiro atoms. The number of aryl methyl sites for hydroxylation is 2. The number of ketones is 1. The van der Waals surface area contributed by atoms with Crippen molar-refractivity contribution in [3.05, 3.63) is 52.7 Å². The van der Waals surface area contributed by atoms with E-state index in [-0.39, 0.29) is 5.78 Å². The molecule has 0 radical (unpaired) electrons. The number of hydrogen-bond acceptors (Lipinski definition) is 3. The van der Waals surface area contributed by atoms with Crippen LogP contribution >= 0.6 is 11.8 Å². The molecule has 1 aromatic rings. The first-order chi connectivity index (χ1) is 9.82. The number of rotatable bonds is 4. The minimum atomic E-state index is -0.417. The Kier molecular flexibility index (Phi) is 4.62. The van der Waals surface area contributed by atoms with Gasteiger partial charge in [0.1, 0.15) is 0 Å². The third kappa shape index (κ3) is 3.59. The van der Waals surface area contributed by atoms with Crippen LogP contribution in [0.4, 0.5) is 0 Å². The fourth-order valence-corrected chi connectivity index (χ4v) is 3.47. The Labute approximate surface area is 131 Å². The molecule has 0 amide bonds. The van der Waals surface area contributed by atoms with Gasteiger partial charge >= 0.3 is 0 Å². The zero-order valence-electron chi connectivity index (χ0n) is 13.2. The number of allylic oxidation sites excluding steroid dienone is 3. The van der Waals surface area contributed by atoms with Crippen molar-refractivity contribution in [3.8, 4) is 0 Å². The van der Waals surface area contributed by atoms with Gasteiger partial charge in [-0.2, -0.15) is 0 Å². The van der Waals surface area contributed by atoms with Gasteiger partial charge in [0.2, 0.25) is 0 Å². The monoisotopic (exact) mass is 301 g/mol. The molecule has 0 bridgehead atoms. The lowest BCUT2D eigenvalue weighted by Crippen LogP contribution is -2.30. The Morgan fingerprint density at radius 2 is 2.00 bits per heavy atom. The average Bonchev–Trinajstić information content (AvgIpc) is 2.44. The quantitative estimate of drug-likeness (QED) is 0.849. The summed E-state index contributed by atoms with van der Waals surface area (Å²) >= 11 is 1.61. The second kappa shape index (κ2) is 6.10. The highest BCUT2D eigenvalue weighted by Crippen LogP contribution is 2.34. The lowest BCUT2D eigenvalue weighted by Gasteiger charge is -2.27. The standard InChI is InChI=1S/C18H23NOS/c1-12-5-6-15(9-13(12)2)21-11-17(20)18(4)8-7-16(19)14(3)10-18/h5-7,9-10H,8,11,19H2,1-4H3. The zero-order chi connectivity index (χ0) is 15.6. The van der Waals surface area contributed by atoms with Crippen LogP contribution in [0.1, 0.15) is 31.4 Å². The van der Waals surface area contributed by atoms with E-state index in [1.54, 1.807) is 11.8 Å². The van der Waals surface area contributed by atoms with Gasteiger partial charge in [-0.25, -0.2) is 0 Å². The molecule has 21 heavy (non-hydrogen) atoms. The van der Waals surface area contributed by atoms with Crippen molar-refractivity contribution in [1.82, 2.24) is 0 Å². The number of carbonyl (C=O) groups is 1. The van der Waals surface area contributed by atoms with Crippen molar-refractivity contribution < 1.29 is 4.79 Å². The minimum Gasteiger partial charge on any atom is -0.399 e. The lowest BCUT2D eigenvalue weighted by molar-refractivity contribution is -0.122. The van der Waals surface area contributed by atoms with Crippen molar-refractivity contribution in [2.24, 2.45) is 11.1 Å². The first kappa shape index (κ1) is 15.9. The van der Waals surface area contributed by atoms with Crippen LogP contribution in [0.25, 0.3) is 0 Å². The van der Waals surface area contributed by atoms with Gasteiger partial charge in [0.15, 0.2) is 5.78 Å². The number of benzene rings is 1. The Hall–Kier alpha value is -1.48. The van der Waals surface area contributed by atoms with Crippen LogP contribution in [0.2, 0.25) is 0 Å². The topological polar surface area (TPSA) is 43.1 Å². The summed E-state index contributed by atoms with van der Waals surface area (Å²) in [6.07, 6.45) is 4.68. The predicted octanol–water partition coefficient (Wildman–Crippen LogP) is 4.16. The summed E-state index contributed by atoms with van der Waals surface area (Å²) in [5.41, 5.74) is 9.80. The van der Waals surface area contributed by atoms with Gasteiger partial charge in [0.25, 0.3) is 0 Å². The summed E-state index contributed by atoms with van der Waals surface area (Å²) in [5, 5.41) is 0. The van der Waals surface area contributed by atoms with Crippen LogP contribution in [0, 0.1) is 19.3 Å². The fourth-order valence-electron chi connectivity index (χ4n) is 2.41. The first-order valence-corrected chi connectivity index (χ1v) is 8.19. The van der Waals surface area contributed by atoms with Crippen LogP contribution < -0.4 is 5.73 Å². The Bertz CT molecular complexity index is 630. The molecule has 1 aliphatic carbocycles. The SMILES string of the molecule is CC1=CC(C)(C(=O)CSc2ccc(C)c(C)c2)CC=C1N. The highest BCUT2D eigenvalue weighted by molar-refractivity contribution is 8.00.